The van der Waals surface area contributed by atoms with Crippen molar-refractivity contribution in [3.05, 3.63) is 39.2 Å². The normalized spacial score (nSPS) is 24.0. The molecule has 0 spiro atoms. The van der Waals surface area contributed by atoms with Crippen LogP contribution < -0.4 is 15.2 Å². The SMILES string of the molecule is COc1cc(/C=C2\SC(N)=NC2=O)ccc1OC(=O)C1C(C=C(Cl)Cl)C1(C)C. The highest BCUT2D eigenvalue weighted by atomic mass is 35.5. The molecule has 1 aliphatic carbocycles. The molecule has 2 aliphatic rings. The number of benzene rings is 1. The van der Waals surface area contributed by atoms with Crippen LogP contribution in [0, 0.1) is 17.3 Å². The van der Waals surface area contributed by atoms with Gasteiger partial charge in [-0.05, 0) is 52.9 Å². The van der Waals surface area contributed by atoms with Crippen LogP contribution in [0.2, 0.25) is 0 Å². The Morgan fingerprint density at radius 2 is 2.04 bits per heavy atom. The van der Waals surface area contributed by atoms with Crippen LogP contribution in [-0.2, 0) is 9.59 Å². The summed E-state index contributed by atoms with van der Waals surface area (Å²) in [5.74, 6) is -0.543. The van der Waals surface area contributed by atoms with Crippen molar-refractivity contribution in [2.75, 3.05) is 7.11 Å². The lowest BCUT2D eigenvalue weighted by Crippen LogP contribution is -2.14. The lowest BCUT2D eigenvalue weighted by molar-refractivity contribution is -0.136. The molecule has 1 heterocycles. The first kappa shape index (κ1) is 20.8. The Balaban J connectivity index is 1.77. The fourth-order valence-corrected chi connectivity index (χ4v) is 4.13. The van der Waals surface area contributed by atoms with Gasteiger partial charge in [0, 0.05) is 0 Å². The predicted octanol–water partition coefficient (Wildman–Crippen LogP) is 4.12. The summed E-state index contributed by atoms with van der Waals surface area (Å²) in [6.07, 6.45) is 3.31. The maximum atomic E-state index is 12.6. The molecule has 6 nitrogen and oxygen atoms in total. The van der Waals surface area contributed by atoms with Crippen molar-refractivity contribution >= 4 is 58.1 Å². The lowest BCUT2D eigenvalue weighted by atomic mass is 10.1. The fourth-order valence-electron chi connectivity index (χ4n) is 3.18. The molecule has 28 heavy (non-hydrogen) atoms. The number of amidine groups is 1. The number of nitrogens with zero attached hydrogens (tertiary/aromatic N) is 1. The number of amides is 1. The summed E-state index contributed by atoms with van der Waals surface area (Å²) in [4.78, 5) is 28.4. The molecule has 1 aromatic rings. The molecule has 1 aromatic carbocycles. The van der Waals surface area contributed by atoms with Gasteiger partial charge < -0.3 is 15.2 Å². The van der Waals surface area contributed by atoms with Gasteiger partial charge in [-0.1, -0.05) is 43.1 Å². The molecule has 0 saturated heterocycles. The zero-order valence-corrected chi connectivity index (χ0v) is 17.7. The quantitative estimate of drug-likeness (QED) is 0.420. The number of carbonyl (C=O) groups excluding carboxylic acids is 2. The van der Waals surface area contributed by atoms with E-state index in [0.717, 1.165) is 11.8 Å². The van der Waals surface area contributed by atoms with Gasteiger partial charge in [-0.15, -0.1) is 0 Å². The molecule has 2 N–H and O–H groups in total. The first-order valence-electron chi connectivity index (χ1n) is 8.34. The molecule has 9 heteroatoms. The van der Waals surface area contributed by atoms with Gasteiger partial charge in [0.15, 0.2) is 16.7 Å². The number of hydrogen-bond donors (Lipinski definition) is 1. The number of halogens is 2. The maximum Gasteiger partial charge on any atom is 0.315 e. The van der Waals surface area contributed by atoms with E-state index in [-0.39, 0.29) is 38.8 Å². The topological polar surface area (TPSA) is 91.0 Å². The highest BCUT2D eigenvalue weighted by Gasteiger charge is 2.61. The van der Waals surface area contributed by atoms with Gasteiger partial charge >= 0.3 is 5.97 Å². The van der Waals surface area contributed by atoms with E-state index in [2.05, 4.69) is 4.99 Å². The van der Waals surface area contributed by atoms with Crippen LogP contribution >= 0.6 is 35.0 Å². The van der Waals surface area contributed by atoms with E-state index < -0.39 is 0 Å². The summed E-state index contributed by atoms with van der Waals surface area (Å²) in [5.41, 5.74) is 5.96. The molecule has 1 saturated carbocycles. The molecule has 1 amide bonds. The number of ether oxygens (including phenoxy) is 2. The van der Waals surface area contributed by atoms with E-state index in [0.29, 0.717) is 22.0 Å². The minimum atomic E-state index is -0.384. The summed E-state index contributed by atoms with van der Waals surface area (Å²) < 4.78 is 11.0. The first-order chi connectivity index (χ1) is 13.1. The van der Waals surface area contributed by atoms with E-state index >= 15 is 0 Å². The molecule has 0 bridgehead atoms. The first-order valence-corrected chi connectivity index (χ1v) is 9.91. The molecule has 1 fully saturated rings. The molecule has 0 radical (unpaired) electrons. The number of rotatable bonds is 5. The number of hydrogen-bond acceptors (Lipinski definition) is 6. The lowest BCUT2D eigenvalue weighted by Gasteiger charge is -2.10. The number of esters is 1. The summed E-state index contributed by atoms with van der Waals surface area (Å²) in [6.45, 7) is 3.90. The van der Waals surface area contributed by atoms with Gasteiger partial charge in [-0.2, -0.15) is 4.99 Å². The van der Waals surface area contributed by atoms with Crippen molar-refractivity contribution in [2.24, 2.45) is 28.0 Å². The molecular formula is C19H18Cl2N2O4S. The molecule has 3 rings (SSSR count). The standard InChI is InChI=1S/C19H18Cl2N2O4S/c1-19(2)10(8-14(20)21)15(19)17(25)27-11-5-4-9(6-12(11)26-3)7-13-16(24)23-18(22)28-13/h4-8,10,15H,1-3H3,(H2,22,23,24)/b13-7-. The molecule has 1 aliphatic heterocycles. The summed E-state index contributed by atoms with van der Waals surface area (Å²) in [5, 5.41) is 0.210. The van der Waals surface area contributed by atoms with Crippen LogP contribution in [0.4, 0.5) is 0 Å². The van der Waals surface area contributed by atoms with Crippen molar-refractivity contribution in [2.45, 2.75) is 13.8 Å². The molecule has 2 unspecified atom stereocenters. The average Bonchev–Trinajstić information content (AvgIpc) is 2.97. The second kappa shape index (κ2) is 7.81. The zero-order valence-electron chi connectivity index (χ0n) is 15.4. The van der Waals surface area contributed by atoms with Gasteiger partial charge in [-0.25, -0.2) is 0 Å². The van der Waals surface area contributed by atoms with Gasteiger partial charge in [0.25, 0.3) is 5.91 Å². The Morgan fingerprint density at radius 1 is 1.32 bits per heavy atom. The van der Waals surface area contributed by atoms with Gasteiger partial charge in [0.05, 0.1) is 17.9 Å². The Morgan fingerprint density at radius 3 is 2.61 bits per heavy atom. The molecular weight excluding hydrogens is 423 g/mol. The van der Waals surface area contributed by atoms with Crippen LogP contribution in [0.5, 0.6) is 11.5 Å². The minimum Gasteiger partial charge on any atom is -0.493 e. The number of aliphatic imine (C=N–C) groups is 1. The zero-order chi connectivity index (χ0) is 20.6. The van der Waals surface area contributed by atoms with E-state index in [4.69, 9.17) is 38.4 Å². The Labute approximate surface area is 176 Å². The number of nitrogens with two attached hydrogens (primary N) is 1. The molecule has 2 atom stereocenters. The van der Waals surface area contributed by atoms with Crippen LogP contribution in [0.15, 0.2) is 38.7 Å². The average molecular weight is 441 g/mol. The molecule has 148 valence electrons. The van der Waals surface area contributed by atoms with Crippen molar-refractivity contribution in [3.63, 3.8) is 0 Å². The second-order valence-electron chi connectivity index (χ2n) is 6.98. The molecule has 0 aromatic heterocycles. The van der Waals surface area contributed by atoms with Crippen molar-refractivity contribution < 1.29 is 19.1 Å². The summed E-state index contributed by atoms with van der Waals surface area (Å²) in [6, 6.07) is 5.00. The predicted molar refractivity (Wildman–Crippen MR) is 111 cm³/mol. The summed E-state index contributed by atoms with van der Waals surface area (Å²) >= 11 is 12.6. The van der Waals surface area contributed by atoms with Crippen molar-refractivity contribution in [1.82, 2.24) is 0 Å². The van der Waals surface area contributed by atoms with Crippen molar-refractivity contribution in [3.8, 4) is 11.5 Å². The van der Waals surface area contributed by atoms with Crippen LogP contribution in [0.25, 0.3) is 6.08 Å². The number of carbonyl (C=O) groups is 2. The number of thioether (sulfide) groups is 1. The maximum absolute atomic E-state index is 12.6. The van der Waals surface area contributed by atoms with E-state index in [9.17, 15) is 9.59 Å². The third-order valence-corrected chi connectivity index (χ3v) is 5.87. The third kappa shape index (κ3) is 4.21. The Hall–Kier alpha value is -1.96. The smallest absolute Gasteiger partial charge is 0.315 e. The van der Waals surface area contributed by atoms with Gasteiger partial charge in [0.1, 0.15) is 4.49 Å². The third-order valence-electron chi connectivity index (χ3n) is 4.80. The van der Waals surface area contributed by atoms with Crippen LogP contribution in [0.1, 0.15) is 19.4 Å². The van der Waals surface area contributed by atoms with Crippen LogP contribution in [0.3, 0.4) is 0 Å². The van der Waals surface area contributed by atoms with Crippen molar-refractivity contribution in [1.29, 1.82) is 0 Å². The monoisotopic (exact) mass is 440 g/mol. The van der Waals surface area contributed by atoms with E-state index in [1.54, 1.807) is 30.4 Å². The fraction of sp³-hybridized carbons (Fsp3) is 0.316. The number of allylic oxidation sites excluding steroid dienone is 1. The minimum absolute atomic E-state index is 0.0872. The van der Waals surface area contributed by atoms with Gasteiger partial charge in [0.2, 0.25) is 0 Å². The van der Waals surface area contributed by atoms with E-state index in [1.165, 1.54) is 7.11 Å². The Bertz CT molecular complexity index is 936. The Kier molecular flexibility index (Phi) is 5.79. The second-order valence-corrected chi connectivity index (χ2v) is 9.05. The number of methoxy groups -OCH3 is 1. The summed E-state index contributed by atoms with van der Waals surface area (Å²) in [7, 11) is 1.47. The highest BCUT2D eigenvalue weighted by Crippen LogP contribution is 2.60. The van der Waals surface area contributed by atoms with Gasteiger partial charge in [-0.3, -0.25) is 9.59 Å². The van der Waals surface area contributed by atoms with E-state index in [1.807, 2.05) is 13.8 Å². The van der Waals surface area contributed by atoms with Crippen LogP contribution in [-0.4, -0.2) is 24.2 Å². The highest BCUT2D eigenvalue weighted by molar-refractivity contribution is 8.18. The largest absolute Gasteiger partial charge is 0.493 e.